The summed E-state index contributed by atoms with van der Waals surface area (Å²) in [6.45, 7) is 4.88. The molecule has 0 amide bonds. The molecular formula is C13H20N2O. The zero-order valence-electron chi connectivity index (χ0n) is 9.96. The first kappa shape index (κ1) is 11.4. The first-order valence-corrected chi connectivity index (χ1v) is 6.25. The number of nitrogens with zero attached hydrogens (tertiary/aromatic N) is 1. The van der Waals surface area contributed by atoms with Gasteiger partial charge in [0.1, 0.15) is 0 Å². The van der Waals surface area contributed by atoms with Crippen molar-refractivity contribution < 1.29 is 0 Å². The molecule has 0 atom stereocenters. The van der Waals surface area contributed by atoms with Crippen molar-refractivity contribution in [2.75, 3.05) is 13.1 Å². The van der Waals surface area contributed by atoms with E-state index in [2.05, 4.69) is 12.2 Å². The van der Waals surface area contributed by atoms with Crippen LogP contribution in [0.4, 0.5) is 0 Å². The second-order valence-corrected chi connectivity index (χ2v) is 4.40. The van der Waals surface area contributed by atoms with E-state index in [0.717, 1.165) is 38.9 Å². The van der Waals surface area contributed by atoms with Crippen LogP contribution in [-0.2, 0) is 19.4 Å². The number of pyridine rings is 1. The average Bonchev–Trinajstić information content (AvgIpc) is 2.75. The molecule has 0 saturated carbocycles. The van der Waals surface area contributed by atoms with Crippen molar-refractivity contribution in [3.8, 4) is 0 Å². The Kier molecular flexibility index (Phi) is 3.78. The van der Waals surface area contributed by atoms with Gasteiger partial charge in [-0.25, -0.2) is 0 Å². The van der Waals surface area contributed by atoms with Gasteiger partial charge < -0.3 is 9.88 Å². The van der Waals surface area contributed by atoms with Gasteiger partial charge in [-0.05, 0) is 37.8 Å². The summed E-state index contributed by atoms with van der Waals surface area (Å²) < 4.78 is 1.95. The van der Waals surface area contributed by atoms with Gasteiger partial charge in [-0.15, -0.1) is 0 Å². The van der Waals surface area contributed by atoms with Crippen LogP contribution in [0.5, 0.6) is 0 Å². The van der Waals surface area contributed by atoms with Crippen LogP contribution in [-0.4, -0.2) is 17.7 Å². The molecule has 1 aliphatic carbocycles. The Labute approximate surface area is 96.5 Å². The number of hydrogen-bond acceptors (Lipinski definition) is 2. The molecule has 1 aromatic rings. The lowest BCUT2D eigenvalue weighted by Gasteiger charge is -2.12. The highest BCUT2D eigenvalue weighted by atomic mass is 16.1. The largest absolute Gasteiger partial charge is 0.315 e. The fraction of sp³-hybridized carbons (Fsp3) is 0.615. The third kappa shape index (κ3) is 2.35. The van der Waals surface area contributed by atoms with Crippen LogP contribution < -0.4 is 10.9 Å². The minimum absolute atomic E-state index is 0.152. The van der Waals surface area contributed by atoms with Crippen molar-refractivity contribution in [2.24, 2.45) is 0 Å². The van der Waals surface area contributed by atoms with Gasteiger partial charge >= 0.3 is 0 Å². The average molecular weight is 220 g/mol. The number of hydrogen-bond donors (Lipinski definition) is 1. The number of aryl methyl sites for hydroxylation is 1. The van der Waals surface area contributed by atoms with Gasteiger partial charge in [-0.1, -0.05) is 13.0 Å². The molecule has 1 N–H and O–H groups in total. The molecule has 1 heterocycles. The van der Waals surface area contributed by atoms with E-state index in [1.54, 1.807) is 6.07 Å². The van der Waals surface area contributed by atoms with Crippen LogP contribution in [0.1, 0.15) is 31.0 Å². The summed E-state index contributed by atoms with van der Waals surface area (Å²) >= 11 is 0. The normalized spacial score (nSPS) is 14.1. The summed E-state index contributed by atoms with van der Waals surface area (Å²) in [6, 6.07) is 3.71. The molecule has 2 rings (SSSR count). The second-order valence-electron chi connectivity index (χ2n) is 4.40. The highest BCUT2D eigenvalue weighted by molar-refractivity contribution is 5.25. The Bertz CT molecular complexity index is 409. The van der Waals surface area contributed by atoms with Gasteiger partial charge in [0.25, 0.3) is 5.56 Å². The second kappa shape index (κ2) is 5.30. The number of nitrogens with one attached hydrogen (secondary N) is 1. The minimum Gasteiger partial charge on any atom is -0.315 e. The quantitative estimate of drug-likeness (QED) is 0.760. The van der Waals surface area contributed by atoms with Crippen molar-refractivity contribution in [1.82, 2.24) is 9.88 Å². The van der Waals surface area contributed by atoms with Crippen LogP contribution in [0.2, 0.25) is 0 Å². The Balaban J connectivity index is 2.08. The maximum absolute atomic E-state index is 11.8. The topological polar surface area (TPSA) is 34.0 Å². The fourth-order valence-corrected chi connectivity index (χ4v) is 2.37. The summed E-state index contributed by atoms with van der Waals surface area (Å²) in [5, 5.41) is 3.34. The lowest BCUT2D eigenvalue weighted by Crippen LogP contribution is -2.29. The molecule has 1 aliphatic rings. The van der Waals surface area contributed by atoms with E-state index >= 15 is 0 Å². The summed E-state index contributed by atoms with van der Waals surface area (Å²) in [5.41, 5.74) is 2.79. The van der Waals surface area contributed by atoms with E-state index < -0.39 is 0 Å². The van der Waals surface area contributed by atoms with Crippen LogP contribution in [0.3, 0.4) is 0 Å². The van der Waals surface area contributed by atoms with E-state index in [1.165, 1.54) is 17.7 Å². The molecule has 16 heavy (non-hydrogen) atoms. The summed E-state index contributed by atoms with van der Waals surface area (Å²) in [6.07, 6.45) is 4.54. The first-order chi connectivity index (χ1) is 7.83. The first-order valence-electron chi connectivity index (χ1n) is 6.25. The van der Waals surface area contributed by atoms with E-state index in [9.17, 15) is 4.79 Å². The van der Waals surface area contributed by atoms with E-state index in [0.29, 0.717) is 0 Å². The molecule has 0 saturated heterocycles. The molecule has 0 bridgehead atoms. The lowest BCUT2D eigenvalue weighted by molar-refractivity contribution is 0.567. The molecule has 0 unspecified atom stereocenters. The van der Waals surface area contributed by atoms with Gasteiger partial charge in [0.2, 0.25) is 0 Å². The lowest BCUT2D eigenvalue weighted by atomic mass is 10.2. The molecule has 0 radical (unpaired) electrons. The standard InChI is InChI=1S/C13H20N2O/c1-2-8-14-9-10-15-12-5-3-4-11(12)6-7-13(15)16/h6-7,14H,2-5,8-10H2,1H3. The Morgan fingerprint density at radius 3 is 3.00 bits per heavy atom. The molecule has 88 valence electrons. The summed E-state index contributed by atoms with van der Waals surface area (Å²) in [5.74, 6) is 0. The minimum atomic E-state index is 0.152. The zero-order chi connectivity index (χ0) is 11.4. The number of fused-ring (bicyclic) bond motifs is 1. The van der Waals surface area contributed by atoms with Gasteiger partial charge in [0, 0.05) is 24.8 Å². The van der Waals surface area contributed by atoms with E-state index in [4.69, 9.17) is 0 Å². The number of rotatable bonds is 5. The molecule has 1 aromatic heterocycles. The smallest absolute Gasteiger partial charge is 0.250 e. The summed E-state index contributed by atoms with van der Waals surface area (Å²) in [7, 11) is 0. The van der Waals surface area contributed by atoms with Crippen molar-refractivity contribution in [2.45, 2.75) is 39.2 Å². The molecule has 0 aromatic carbocycles. The highest BCUT2D eigenvalue weighted by Gasteiger charge is 2.14. The molecule has 3 heteroatoms. The van der Waals surface area contributed by atoms with Crippen LogP contribution in [0.15, 0.2) is 16.9 Å². The van der Waals surface area contributed by atoms with Gasteiger partial charge in [0.15, 0.2) is 0 Å². The van der Waals surface area contributed by atoms with Crippen LogP contribution in [0, 0.1) is 0 Å². The Morgan fingerprint density at radius 2 is 2.19 bits per heavy atom. The Hall–Kier alpha value is -1.09. The predicted molar refractivity (Wildman–Crippen MR) is 65.9 cm³/mol. The van der Waals surface area contributed by atoms with Crippen molar-refractivity contribution >= 4 is 0 Å². The van der Waals surface area contributed by atoms with Crippen molar-refractivity contribution in [3.05, 3.63) is 33.7 Å². The predicted octanol–water partition coefficient (Wildman–Crippen LogP) is 1.34. The van der Waals surface area contributed by atoms with Crippen molar-refractivity contribution in [3.63, 3.8) is 0 Å². The fourth-order valence-electron chi connectivity index (χ4n) is 2.37. The van der Waals surface area contributed by atoms with Gasteiger partial charge in [-0.3, -0.25) is 4.79 Å². The van der Waals surface area contributed by atoms with Crippen LogP contribution >= 0.6 is 0 Å². The maximum atomic E-state index is 11.8. The maximum Gasteiger partial charge on any atom is 0.250 e. The highest BCUT2D eigenvalue weighted by Crippen LogP contribution is 2.19. The van der Waals surface area contributed by atoms with Gasteiger partial charge in [-0.2, -0.15) is 0 Å². The number of aromatic nitrogens is 1. The SMILES string of the molecule is CCCNCCn1c2c(ccc1=O)CCC2. The zero-order valence-corrected chi connectivity index (χ0v) is 9.96. The van der Waals surface area contributed by atoms with Crippen molar-refractivity contribution in [1.29, 1.82) is 0 Å². The summed E-state index contributed by atoms with van der Waals surface area (Å²) in [4.78, 5) is 11.8. The third-order valence-corrected chi connectivity index (χ3v) is 3.19. The van der Waals surface area contributed by atoms with Gasteiger partial charge in [0.05, 0.1) is 0 Å². The Morgan fingerprint density at radius 1 is 1.31 bits per heavy atom. The third-order valence-electron chi connectivity index (χ3n) is 3.19. The van der Waals surface area contributed by atoms with E-state index in [-0.39, 0.29) is 5.56 Å². The molecule has 0 spiro atoms. The van der Waals surface area contributed by atoms with Crippen LogP contribution in [0.25, 0.3) is 0 Å². The molecular weight excluding hydrogens is 200 g/mol. The molecule has 0 aliphatic heterocycles. The monoisotopic (exact) mass is 220 g/mol. The van der Waals surface area contributed by atoms with E-state index in [1.807, 2.05) is 10.6 Å². The molecule has 3 nitrogen and oxygen atoms in total. The molecule has 0 fully saturated rings.